The zero-order valence-electron chi connectivity index (χ0n) is 12.8. The van der Waals surface area contributed by atoms with Crippen molar-refractivity contribution >= 4 is 28.6 Å². The van der Waals surface area contributed by atoms with Crippen LogP contribution in [-0.2, 0) is 0 Å². The first-order valence-electron chi connectivity index (χ1n) is 7.83. The summed E-state index contributed by atoms with van der Waals surface area (Å²) < 4.78 is 0. The van der Waals surface area contributed by atoms with Gasteiger partial charge in [-0.25, -0.2) is 0 Å². The van der Waals surface area contributed by atoms with Crippen LogP contribution in [-0.4, -0.2) is 30.4 Å². The SMILES string of the molecule is CC1CCN(C(CNC(=O)c2cccs2)c2cccs2)CC1. The summed E-state index contributed by atoms with van der Waals surface area (Å²) in [6, 6.07) is 8.38. The van der Waals surface area contributed by atoms with E-state index in [0.29, 0.717) is 12.6 Å². The molecule has 1 unspecified atom stereocenters. The largest absolute Gasteiger partial charge is 0.349 e. The Bertz CT molecular complexity index is 572. The van der Waals surface area contributed by atoms with Crippen molar-refractivity contribution in [2.45, 2.75) is 25.8 Å². The lowest BCUT2D eigenvalue weighted by Gasteiger charge is -2.36. The van der Waals surface area contributed by atoms with Gasteiger partial charge in [0.15, 0.2) is 0 Å². The highest BCUT2D eigenvalue weighted by Gasteiger charge is 2.25. The van der Waals surface area contributed by atoms with Gasteiger partial charge in [-0.1, -0.05) is 19.1 Å². The lowest BCUT2D eigenvalue weighted by Crippen LogP contribution is -2.41. The van der Waals surface area contributed by atoms with E-state index in [0.717, 1.165) is 23.9 Å². The maximum absolute atomic E-state index is 12.2. The Kier molecular flexibility index (Phi) is 5.28. The number of thiophene rings is 2. The number of amides is 1. The molecule has 3 heterocycles. The summed E-state index contributed by atoms with van der Waals surface area (Å²) >= 11 is 3.28. The summed E-state index contributed by atoms with van der Waals surface area (Å²) in [4.78, 5) is 16.9. The number of piperidine rings is 1. The molecule has 2 aromatic rings. The first-order valence-corrected chi connectivity index (χ1v) is 9.59. The normalized spacial score (nSPS) is 18.2. The van der Waals surface area contributed by atoms with Gasteiger partial charge >= 0.3 is 0 Å². The molecule has 3 nitrogen and oxygen atoms in total. The Hall–Kier alpha value is -1.17. The topological polar surface area (TPSA) is 32.3 Å². The van der Waals surface area contributed by atoms with E-state index >= 15 is 0 Å². The van der Waals surface area contributed by atoms with Crippen molar-refractivity contribution < 1.29 is 4.79 Å². The molecule has 0 bridgehead atoms. The minimum absolute atomic E-state index is 0.0435. The average Bonchev–Trinajstić information content (AvgIpc) is 3.22. The second-order valence-electron chi connectivity index (χ2n) is 5.94. The second kappa shape index (κ2) is 7.40. The average molecular weight is 335 g/mol. The summed E-state index contributed by atoms with van der Waals surface area (Å²) in [6.45, 7) is 5.26. The van der Waals surface area contributed by atoms with Crippen molar-refractivity contribution in [2.24, 2.45) is 5.92 Å². The van der Waals surface area contributed by atoms with Gasteiger partial charge < -0.3 is 5.32 Å². The zero-order valence-corrected chi connectivity index (χ0v) is 14.5. The van der Waals surface area contributed by atoms with Crippen molar-refractivity contribution in [3.8, 4) is 0 Å². The molecule has 1 N–H and O–H groups in total. The van der Waals surface area contributed by atoms with Gasteiger partial charge in [0.25, 0.3) is 5.91 Å². The minimum atomic E-state index is 0.0435. The van der Waals surface area contributed by atoms with E-state index in [1.54, 1.807) is 11.3 Å². The Morgan fingerprint density at radius 2 is 2.00 bits per heavy atom. The van der Waals surface area contributed by atoms with Gasteiger partial charge in [-0.15, -0.1) is 22.7 Å². The summed E-state index contributed by atoms with van der Waals surface area (Å²) in [5.41, 5.74) is 0. The standard InChI is InChI=1S/C17H22N2OS2/c1-13-6-8-19(9-7-13)14(15-4-2-10-21-15)12-18-17(20)16-5-3-11-22-16/h2-5,10-11,13-14H,6-9,12H2,1H3,(H,18,20). The third kappa shape index (κ3) is 3.77. The van der Waals surface area contributed by atoms with Gasteiger partial charge in [-0.05, 0) is 54.7 Å². The predicted molar refractivity (Wildman–Crippen MR) is 93.7 cm³/mol. The van der Waals surface area contributed by atoms with Crippen LogP contribution in [0.5, 0.6) is 0 Å². The van der Waals surface area contributed by atoms with Crippen molar-refractivity contribution in [2.75, 3.05) is 19.6 Å². The predicted octanol–water partition coefficient (Wildman–Crippen LogP) is 4.01. The van der Waals surface area contributed by atoms with Crippen LogP contribution in [0.15, 0.2) is 35.0 Å². The van der Waals surface area contributed by atoms with Crippen molar-refractivity contribution in [1.82, 2.24) is 10.2 Å². The Morgan fingerprint density at radius 1 is 1.27 bits per heavy atom. The van der Waals surface area contributed by atoms with E-state index in [1.807, 2.05) is 17.5 Å². The Labute approximate surface area is 140 Å². The molecular weight excluding hydrogens is 312 g/mol. The van der Waals surface area contributed by atoms with E-state index in [1.165, 1.54) is 29.1 Å². The molecule has 1 saturated heterocycles. The third-order valence-corrected chi connectivity index (χ3v) is 6.17. The van der Waals surface area contributed by atoms with Crippen LogP contribution < -0.4 is 5.32 Å². The van der Waals surface area contributed by atoms with Crippen molar-refractivity contribution in [1.29, 1.82) is 0 Å². The zero-order chi connectivity index (χ0) is 15.4. The fourth-order valence-electron chi connectivity index (χ4n) is 2.91. The van der Waals surface area contributed by atoms with Gasteiger partial charge in [-0.3, -0.25) is 9.69 Å². The summed E-state index contributed by atoms with van der Waals surface area (Å²) in [5.74, 6) is 0.864. The maximum Gasteiger partial charge on any atom is 0.261 e. The fraction of sp³-hybridized carbons (Fsp3) is 0.471. The van der Waals surface area contributed by atoms with Crippen molar-refractivity contribution in [3.63, 3.8) is 0 Å². The highest BCUT2D eigenvalue weighted by atomic mass is 32.1. The molecule has 0 spiro atoms. The van der Waals surface area contributed by atoms with Crippen molar-refractivity contribution in [3.05, 3.63) is 44.8 Å². The number of carbonyl (C=O) groups excluding carboxylic acids is 1. The summed E-state index contributed by atoms with van der Waals surface area (Å²) in [6.07, 6.45) is 2.50. The van der Waals surface area contributed by atoms with Crippen LogP contribution in [0.1, 0.15) is 40.4 Å². The number of rotatable bonds is 5. The molecule has 1 aliphatic heterocycles. The molecule has 3 rings (SSSR count). The molecule has 0 aromatic carbocycles. The molecule has 0 aliphatic carbocycles. The van der Waals surface area contributed by atoms with Crippen LogP contribution in [0.4, 0.5) is 0 Å². The van der Waals surface area contributed by atoms with Crippen LogP contribution >= 0.6 is 22.7 Å². The number of carbonyl (C=O) groups is 1. The number of likely N-dealkylation sites (tertiary alicyclic amines) is 1. The molecule has 1 amide bonds. The number of hydrogen-bond acceptors (Lipinski definition) is 4. The first-order chi connectivity index (χ1) is 10.7. The lowest BCUT2D eigenvalue weighted by molar-refractivity contribution is 0.0919. The van der Waals surface area contributed by atoms with E-state index in [4.69, 9.17) is 0 Å². The van der Waals surface area contributed by atoms with Gasteiger partial charge in [0, 0.05) is 11.4 Å². The third-order valence-electron chi connectivity index (χ3n) is 4.33. The van der Waals surface area contributed by atoms with Gasteiger partial charge in [0.2, 0.25) is 0 Å². The lowest BCUT2D eigenvalue weighted by atomic mass is 9.97. The number of nitrogens with zero attached hydrogens (tertiary/aromatic N) is 1. The van der Waals surface area contributed by atoms with Gasteiger partial charge in [0.05, 0.1) is 10.9 Å². The molecule has 0 saturated carbocycles. The van der Waals surface area contributed by atoms with Crippen LogP contribution in [0.3, 0.4) is 0 Å². The molecule has 0 radical (unpaired) electrons. The number of hydrogen-bond donors (Lipinski definition) is 1. The molecule has 1 aliphatic rings. The quantitative estimate of drug-likeness (QED) is 0.896. The Balaban J connectivity index is 1.65. The van der Waals surface area contributed by atoms with E-state index in [2.05, 4.69) is 34.7 Å². The molecule has 22 heavy (non-hydrogen) atoms. The second-order valence-corrected chi connectivity index (χ2v) is 7.86. The molecule has 1 fully saturated rings. The van der Waals surface area contributed by atoms with Gasteiger partial charge in [-0.2, -0.15) is 0 Å². The van der Waals surface area contributed by atoms with E-state index < -0.39 is 0 Å². The maximum atomic E-state index is 12.2. The van der Waals surface area contributed by atoms with Crippen LogP contribution in [0.25, 0.3) is 0 Å². The summed E-state index contributed by atoms with van der Waals surface area (Å²) in [5, 5.41) is 7.18. The highest BCUT2D eigenvalue weighted by molar-refractivity contribution is 7.12. The summed E-state index contributed by atoms with van der Waals surface area (Å²) in [7, 11) is 0. The molecule has 5 heteroatoms. The minimum Gasteiger partial charge on any atom is -0.349 e. The van der Waals surface area contributed by atoms with E-state index in [-0.39, 0.29) is 5.91 Å². The van der Waals surface area contributed by atoms with Gasteiger partial charge in [0.1, 0.15) is 0 Å². The highest BCUT2D eigenvalue weighted by Crippen LogP contribution is 2.29. The fourth-order valence-corrected chi connectivity index (χ4v) is 4.42. The van der Waals surface area contributed by atoms with E-state index in [9.17, 15) is 4.79 Å². The first kappa shape index (κ1) is 15.7. The smallest absolute Gasteiger partial charge is 0.261 e. The number of nitrogens with one attached hydrogen (secondary N) is 1. The molecule has 118 valence electrons. The monoisotopic (exact) mass is 334 g/mol. The van der Waals surface area contributed by atoms with Crippen LogP contribution in [0, 0.1) is 5.92 Å². The molecule has 2 aromatic heterocycles. The molecular formula is C17H22N2OS2. The Morgan fingerprint density at radius 3 is 2.64 bits per heavy atom. The van der Waals surface area contributed by atoms with Crippen LogP contribution in [0.2, 0.25) is 0 Å². The molecule has 1 atom stereocenters.